The van der Waals surface area contributed by atoms with Crippen molar-refractivity contribution in [3.8, 4) is 0 Å². The van der Waals surface area contributed by atoms with Gasteiger partial charge in [-0.3, -0.25) is 4.79 Å². The molecule has 0 bridgehead atoms. The molecule has 1 aromatic carbocycles. The Morgan fingerprint density at radius 3 is 2.61 bits per heavy atom. The molecular formula is C17H15N3OS2. The van der Waals surface area contributed by atoms with Gasteiger partial charge in [-0.05, 0) is 17.7 Å². The summed E-state index contributed by atoms with van der Waals surface area (Å²) in [5, 5.41) is 6.71. The molecule has 3 aromatic rings. The second-order valence-electron chi connectivity index (χ2n) is 4.74. The molecule has 0 aliphatic rings. The fraction of sp³-hybridized carbons (Fsp3) is 0.118. The molecule has 2 heterocycles. The molecule has 116 valence electrons. The summed E-state index contributed by atoms with van der Waals surface area (Å²) >= 11 is 2.96. The first-order valence-electron chi connectivity index (χ1n) is 7.10. The molecule has 23 heavy (non-hydrogen) atoms. The number of pyridine rings is 1. The highest BCUT2D eigenvalue weighted by atomic mass is 32.2. The van der Waals surface area contributed by atoms with Gasteiger partial charge in [-0.1, -0.05) is 48.2 Å². The lowest BCUT2D eigenvalue weighted by atomic mass is 10.1. The first-order chi connectivity index (χ1) is 11.3. The highest BCUT2D eigenvalue weighted by Gasteiger charge is 2.19. The maximum absolute atomic E-state index is 12.3. The summed E-state index contributed by atoms with van der Waals surface area (Å²) in [7, 11) is 0. The monoisotopic (exact) mass is 341 g/mol. The second-order valence-corrected chi connectivity index (χ2v) is 6.66. The second kappa shape index (κ2) is 7.89. The number of hydrogen-bond donors (Lipinski definition) is 1. The smallest absolute Gasteiger partial charge is 0.231 e. The van der Waals surface area contributed by atoms with Crippen LogP contribution >= 0.6 is 23.1 Å². The molecule has 0 saturated heterocycles. The van der Waals surface area contributed by atoms with E-state index in [4.69, 9.17) is 0 Å². The third kappa shape index (κ3) is 4.40. The van der Waals surface area contributed by atoms with Gasteiger partial charge in [0.2, 0.25) is 5.91 Å². The van der Waals surface area contributed by atoms with E-state index in [2.05, 4.69) is 15.3 Å². The van der Waals surface area contributed by atoms with Crippen LogP contribution in [-0.2, 0) is 4.79 Å². The van der Waals surface area contributed by atoms with Gasteiger partial charge in [-0.15, -0.1) is 11.3 Å². The third-order valence-electron chi connectivity index (χ3n) is 3.13. The average molecular weight is 341 g/mol. The van der Waals surface area contributed by atoms with Crippen LogP contribution in [0.2, 0.25) is 0 Å². The van der Waals surface area contributed by atoms with E-state index < -0.39 is 0 Å². The van der Waals surface area contributed by atoms with Crippen molar-refractivity contribution in [3.63, 3.8) is 0 Å². The molecule has 1 atom stereocenters. The minimum Gasteiger partial charge on any atom is -0.342 e. The molecule has 0 saturated carbocycles. The molecule has 6 heteroatoms. The van der Waals surface area contributed by atoms with Gasteiger partial charge in [-0.2, -0.15) is 0 Å². The summed E-state index contributed by atoms with van der Waals surface area (Å²) in [5.41, 5.74) is 1.03. The third-order valence-corrected chi connectivity index (χ3v) is 4.91. The predicted molar refractivity (Wildman–Crippen MR) is 93.5 cm³/mol. The van der Waals surface area contributed by atoms with Gasteiger partial charge >= 0.3 is 0 Å². The van der Waals surface area contributed by atoms with E-state index >= 15 is 0 Å². The van der Waals surface area contributed by atoms with Crippen molar-refractivity contribution < 1.29 is 4.79 Å². The number of carbonyl (C=O) groups is 1. The minimum absolute atomic E-state index is 0.0373. The normalized spacial score (nSPS) is 11.8. The maximum atomic E-state index is 12.3. The Labute approximate surface area is 143 Å². The predicted octanol–water partition coefficient (Wildman–Crippen LogP) is 3.54. The number of nitrogens with zero attached hydrogens (tertiary/aromatic N) is 2. The number of thioether (sulfide) groups is 1. The Bertz CT molecular complexity index is 733. The van der Waals surface area contributed by atoms with E-state index in [0.29, 0.717) is 5.75 Å². The van der Waals surface area contributed by atoms with Crippen molar-refractivity contribution in [2.75, 3.05) is 5.75 Å². The van der Waals surface area contributed by atoms with Gasteiger partial charge < -0.3 is 5.32 Å². The van der Waals surface area contributed by atoms with Crippen LogP contribution in [0.15, 0.2) is 71.3 Å². The summed E-state index contributed by atoms with van der Waals surface area (Å²) in [6.07, 6.45) is 3.48. The molecule has 0 fully saturated rings. The van der Waals surface area contributed by atoms with E-state index in [1.807, 2.05) is 53.9 Å². The molecule has 4 nitrogen and oxygen atoms in total. The van der Waals surface area contributed by atoms with Crippen LogP contribution in [0.5, 0.6) is 0 Å². The van der Waals surface area contributed by atoms with E-state index in [0.717, 1.165) is 15.6 Å². The van der Waals surface area contributed by atoms with Gasteiger partial charge in [-0.25, -0.2) is 9.97 Å². The lowest BCUT2D eigenvalue weighted by Crippen LogP contribution is -2.30. The van der Waals surface area contributed by atoms with E-state index in [-0.39, 0.29) is 11.9 Å². The number of benzene rings is 1. The van der Waals surface area contributed by atoms with Crippen molar-refractivity contribution in [1.82, 2.24) is 15.3 Å². The zero-order valence-electron chi connectivity index (χ0n) is 12.3. The first kappa shape index (κ1) is 15.7. The van der Waals surface area contributed by atoms with Crippen molar-refractivity contribution in [2.45, 2.75) is 11.1 Å². The van der Waals surface area contributed by atoms with Crippen LogP contribution in [0.4, 0.5) is 0 Å². The Kier molecular flexibility index (Phi) is 5.39. The average Bonchev–Trinajstić information content (AvgIpc) is 3.14. The minimum atomic E-state index is -0.215. The van der Waals surface area contributed by atoms with Crippen LogP contribution < -0.4 is 5.32 Å². The number of rotatable bonds is 6. The largest absolute Gasteiger partial charge is 0.342 e. The Balaban J connectivity index is 1.68. The van der Waals surface area contributed by atoms with Crippen LogP contribution in [0.3, 0.4) is 0 Å². The molecule has 2 aromatic heterocycles. The van der Waals surface area contributed by atoms with Crippen LogP contribution in [0.1, 0.15) is 16.6 Å². The Morgan fingerprint density at radius 2 is 1.91 bits per heavy atom. The molecule has 3 rings (SSSR count). The van der Waals surface area contributed by atoms with Crippen LogP contribution in [-0.4, -0.2) is 21.6 Å². The van der Waals surface area contributed by atoms with E-state index in [1.165, 1.54) is 23.1 Å². The van der Waals surface area contributed by atoms with Crippen molar-refractivity contribution >= 4 is 29.0 Å². The molecule has 1 N–H and O–H groups in total. The van der Waals surface area contributed by atoms with Gasteiger partial charge in [0.1, 0.15) is 11.0 Å². The highest BCUT2D eigenvalue weighted by Crippen LogP contribution is 2.24. The standard InChI is InChI=1S/C17H15N3OS2/c21-14(12-23-15-8-4-5-9-18-15)20-16(17-19-10-11-22-17)13-6-2-1-3-7-13/h1-11,16H,12H2,(H,20,21)/t16-/m0/s1. The van der Waals surface area contributed by atoms with E-state index in [1.54, 1.807) is 12.4 Å². The molecular weight excluding hydrogens is 326 g/mol. The summed E-state index contributed by atoms with van der Waals surface area (Å²) in [5.74, 6) is 0.288. The Hall–Kier alpha value is -2.18. The number of thiazole rings is 1. The topological polar surface area (TPSA) is 54.9 Å². The SMILES string of the molecule is O=C(CSc1ccccn1)N[C@@H](c1ccccc1)c1nccs1. The molecule has 0 spiro atoms. The zero-order valence-corrected chi connectivity index (χ0v) is 13.9. The quantitative estimate of drug-likeness (QED) is 0.697. The van der Waals surface area contributed by atoms with E-state index in [9.17, 15) is 4.79 Å². The van der Waals surface area contributed by atoms with Crippen molar-refractivity contribution in [2.24, 2.45) is 0 Å². The number of nitrogens with one attached hydrogen (secondary N) is 1. The summed E-state index contributed by atoms with van der Waals surface area (Å²) in [6.45, 7) is 0. The van der Waals surface area contributed by atoms with Gasteiger partial charge in [0.25, 0.3) is 0 Å². The number of carbonyl (C=O) groups excluding carboxylic acids is 1. The maximum Gasteiger partial charge on any atom is 0.231 e. The molecule has 0 aliphatic heterocycles. The number of amides is 1. The summed E-state index contributed by atoms with van der Waals surface area (Å²) in [4.78, 5) is 20.9. The van der Waals surface area contributed by atoms with Gasteiger partial charge in [0, 0.05) is 17.8 Å². The summed E-state index contributed by atoms with van der Waals surface area (Å²) in [6, 6.07) is 15.3. The van der Waals surface area contributed by atoms with Crippen LogP contribution in [0, 0.1) is 0 Å². The lowest BCUT2D eigenvalue weighted by molar-refractivity contribution is -0.119. The highest BCUT2D eigenvalue weighted by molar-refractivity contribution is 7.99. The number of hydrogen-bond acceptors (Lipinski definition) is 5. The van der Waals surface area contributed by atoms with Gasteiger partial charge in [0.05, 0.1) is 10.8 Å². The zero-order chi connectivity index (χ0) is 15.9. The molecule has 0 radical (unpaired) electrons. The fourth-order valence-corrected chi connectivity index (χ4v) is 3.47. The molecule has 0 aliphatic carbocycles. The molecule has 1 amide bonds. The van der Waals surface area contributed by atoms with Crippen LogP contribution in [0.25, 0.3) is 0 Å². The number of aromatic nitrogens is 2. The summed E-state index contributed by atoms with van der Waals surface area (Å²) < 4.78 is 0. The van der Waals surface area contributed by atoms with Crippen molar-refractivity contribution in [3.05, 3.63) is 76.9 Å². The Morgan fingerprint density at radius 1 is 1.09 bits per heavy atom. The fourth-order valence-electron chi connectivity index (χ4n) is 2.08. The van der Waals surface area contributed by atoms with Crippen molar-refractivity contribution in [1.29, 1.82) is 0 Å². The first-order valence-corrected chi connectivity index (χ1v) is 8.97. The van der Waals surface area contributed by atoms with Gasteiger partial charge in [0.15, 0.2) is 0 Å². The lowest BCUT2D eigenvalue weighted by Gasteiger charge is -2.17. The molecule has 0 unspecified atom stereocenters.